The third-order valence-electron chi connectivity index (χ3n) is 4.51. The molecule has 1 amide bonds. The monoisotopic (exact) mass is 345 g/mol. The van der Waals surface area contributed by atoms with Crippen molar-refractivity contribution < 1.29 is 10.1 Å². The molecule has 0 unspecified atom stereocenters. The average Bonchev–Trinajstić information content (AvgIpc) is 2.69. The van der Waals surface area contributed by atoms with Gasteiger partial charge < -0.3 is 10.6 Å². The van der Waals surface area contributed by atoms with Gasteiger partial charge in [-0.15, -0.1) is 0 Å². The molecule has 3 heteroatoms. The molecule has 3 aromatic rings. The van der Waals surface area contributed by atoms with Gasteiger partial charge >= 0.3 is 0 Å². The fraction of sp³-hybridized carbons (Fsp3) is 0.174. The van der Waals surface area contributed by atoms with Crippen molar-refractivity contribution in [3.05, 3.63) is 102 Å². The molecule has 0 aliphatic heterocycles. The van der Waals surface area contributed by atoms with E-state index in [1.807, 2.05) is 54.6 Å². The number of nitrogens with two attached hydrogens (primary N) is 1. The molecular formula is C23H25N2O+. The molecule has 26 heavy (non-hydrogen) atoms. The zero-order valence-corrected chi connectivity index (χ0v) is 15.1. The number of carbonyl (C=O) groups excluding carboxylic acids is 1. The quantitative estimate of drug-likeness (QED) is 0.676. The first kappa shape index (κ1) is 17.9. The second-order valence-corrected chi connectivity index (χ2v) is 6.51. The van der Waals surface area contributed by atoms with E-state index < -0.39 is 0 Å². The minimum Gasteiger partial charge on any atom is -0.333 e. The molecule has 0 radical (unpaired) electrons. The maximum atomic E-state index is 12.4. The predicted octanol–water partition coefficient (Wildman–Crippen LogP) is 3.54. The zero-order chi connectivity index (χ0) is 18.2. The minimum atomic E-state index is 0.0216. The molecule has 0 fully saturated rings. The summed E-state index contributed by atoms with van der Waals surface area (Å²) in [6, 6.07) is 28.8. The maximum absolute atomic E-state index is 12.4. The van der Waals surface area contributed by atoms with Gasteiger partial charge in [0, 0.05) is 11.3 Å². The van der Waals surface area contributed by atoms with Gasteiger partial charge in [-0.2, -0.15) is 0 Å². The summed E-state index contributed by atoms with van der Waals surface area (Å²) < 4.78 is 0. The van der Waals surface area contributed by atoms with Gasteiger partial charge in [-0.25, -0.2) is 0 Å². The summed E-state index contributed by atoms with van der Waals surface area (Å²) in [6.45, 7) is 2.52. The van der Waals surface area contributed by atoms with Crippen molar-refractivity contribution in [2.75, 3.05) is 11.9 Å². The average molecular weight is 345 g/mol. The van der Waals surface area contributed by atoms with E-state index in [-0.39, 0.29) is 11.9 Å². The van der Waals surface area contributed by atoms with Crippen molar-refractivity contribution in [2.45, 2.75) is 19.4 Å². The smallest absolute Gasteiger partial charge is 0.279 e. The van der Waals surface area contributed by atoms with Crippen LogP contribution >= 0.6 is 0 Å². The molecule has 3 nitrogen and oxygen atoms in total. The maximum Gasteiger partial charge on any atom is 0.279 e. The molecular weight excluding hydrogens is 320 g/mol. The first-order valence-electron chi connectivity index (χ1n) is 9.02. The molecule has 3 N–H and O–H groups in total. The van der Waals surface area contributed by atoms with Gasteiger partial charge in [0.05, 0.1) is 0 Å². The van der Waals surface area contributed by atoms with E-state index in [2.05, 4.69) is 47.9 Å². The van der Waals surface area contributed by atoms with Gasteiger partial charge in [0.15, 0.2) is 6.54 Å². The number of carbonyl (C=O) groups is 1. The van der Waals surface area contributed by atoms with Crippen LogP contribution in [0.25, 0.3) is 0 Å². The standard InChI is InChI=1S/C23H24N2O/c1-18(20-12-6-3-7-13-20)24-17-23(26)25-22-15-9-8-14-21(22)16-19-10-4-2-5-11-19/h2-15,18,24H,16-17H2,1H3,(H,25,26)/p+1/t18-/m0/s1. The number of nitrogens with one attached hydrogen (secondary N) is 1. The molecule has 0 spiro atoms. The molecule has 3 rings (SSSR count). The summed E-state index contributed by atoms with van der Waals surface area (Å²) >= 11 is 0. The van der Waals surface area contributed by atoms with E-state index in [1.165, 1.54) is 11.1 Å². The number of hydrogen-bond acceptors (Lipinski definition) is 1. The first-order valence-corrected chi connectivity index (χ1v) is 9.02. The lowest BCUT2D eigenvalue weighted by atomic mass is 10.0. The lowest BCUT2D eigenvalue weighted by molar-refractivity contribution is -0.682. The zero-order valence-electron chi connectivity index (χ0n) is 15.1. The number of hydrogen-bond donors (Lipinski definition) is 2. The Kier molecular flexibility index (Phi) is 6.18. The highest BCUT2D eigenvalue weighted by Gasteiger charge is 2.12. The fourth-order valence-electron chi connectivity index (χ4n) is 2.99. The van der Waals surface area contributed by atoms with Crippen LogP contribution in [-0.4, -0.2) is 12.5 Å². The van der Waals surface area contributed by atoms with Crippen molar-refractivity contribution in [3.63, 3.8) is 0 Å². The van der Waals surface area contributed by atoms with Crippen molar-refractivity contribution in [1.29, 1.82) is 0 Å². The summed E-state index contributed by atoms with van der Waals surface area (Å²) in [7, 11) is 0. The largest absolute Gasteiger partial charge is 0.333 e. The Morgan fingerprint density at radius 1 is 0.885 bits per heavy atom. The molecule has 0 saturated heterocycles. The Morgan fingerprint density at radius 3 is 2.23 bits per heavy atom. The van der Waals surface area contributed by atoms with Crippen LogP contribution in [0, 0.1) is 0 Å². The number of anilines is 1. The Bertz CT molecular complexity index is 831. The first-order chi connectivity index (χ1) is 12.7. The highest BCUT2D eigenvalue weighted by molar-refractivity contribution is 5.92. The van der Waals surface area contributed by atoms with E-state index in [0.29, 0.717) is 6.54 Å². The SMILES string of the molecule is C[C@H]([NH2+]CC(=O)Nc1ccccc1Cc1ccccc1)c1ccccc1. The summed E-state index contributed by atoms with van der Waals surface area (Å²) in [5, 5.41) is 5.13. The van der Waals surface area contributed by atoms with Crippen LogP contribution in [0.1, 0.15) is 29.7 Å². The van der Waals surface area contributed by atoms with Crippen molar-refractivity contribution in [1.82, 2.24) is 0 Å². The topological polar surface area (TPSA) is 45.7 Å². The lowest BCUT2D eigenvalue weighted by Crippen LogP contribution is -2.86. The second kappa shape index (κ2) is 8.97. The van der Waals surface area contributed by atoms with Gasteiger partial charge in [0.25, 0.3) is 5.91 Å². The summed E-state index contributed by atoms with van der Waals surface area (Å²) in [6.07, 6.45) is 0.807. The molecule has 0 heterocycles. The van der Waals surface area contributed by atoms with Gasteiger partial charge in [-0.3, -0.25) is 4.79 Å². The number of para-hydroxylation sites is 1. The van der Waals surface area contributed by atoms with Gasteiger partial charge in [0.2, 0.25) is 0 Å². The Hall–Kier alpha value is -2.91. The molecule has 1 atom stereocenters. The number of rotatable bonds is 7. The second-order valence-electron chi connectivity index (χ2n) is 6.51. The van der Waals surface area contributed by atoms with Crippen molar-refractivity contribution >= 4 is 11.6 Å². The normalized spacial score (nSPS) is 11.7. The highest BCUT2D eigenvalue weighted by Crippen LogP contribution is 2.19. The molecule has 132 valence electrons. The van der Waals surface area contributed by atoms with Crippen LogP contribution in [0.15, 0.2) is 84.9 Å². The van der Waals surface area contributed by atoms with Crippen LogP contribution in [0.2, 0.25) is 0 Å². The molecule has 3 aromatic carbocycles. The van der Waals surface area contributed by atoms with Crippen LogP contribution in [0.5, 0.6) is 0 Å². The highest BCUT2D eigenvalue weighted by atomic mass is 16.1. The van der Waals surface area contributed by atoms with Crippen LogP contribution in [-0.2, 0) is 11.2 Å². The van der Waals surface area contributed by atoms with Crippen LogP contribution in [0.4, 0.5) is 5.69 Å². The fourth-order valence-corrected chi connectivity index (χ4v) is 2.99. The number of quaternary nitrogens is 1. The Labute approximate surface area is 155 Å². The van der Waals surface area contributed by atoms with E-state index in [0.717, 1.165) is 17.7 Å². The Balaban J connectivity index is 1.59. The van der Waals surface area contributed by atoms with E-state index in [4.69, 9.17) is 0 Å². The van der Waals surface area contributed by atoms with E-state index in [1.54, 1.807) is 0 Å². The molecule has 0 aromatic heterocycles. The van der Waals surface area contributed by atoms with Gasteiger partial charge in [0.1, 0.15) is 6.04 Å². The third kappa shape index (κ3) is 5.04. The molecule has 0 bridgehead atoms. The van der Waals surface area contributed by atoms with E-state index in [9.17, 15) is 4.79 Å². The summed E-state index contributed by atoms with van der Waals surface area (Å²) in [5.41, 5.74) is 4.48. The molecule has 0 aliphatic carbocycles. The van der Waals surface area contributed by atoms with Gasteiger partial charge in [-0.05, 0) is 30.5 Å². The summed E-state index contributed by atoms with van der Waals surface area (Å²) in [4.78, 5) is 12.4. The van der Waals surface area contributed by atoms with Crippen LogP contribution in [0.3, 0.4) is 0 Å². The minimum absolute atomic E-state index is 0.0216. The third-order valence-corrected chi connectivity index (χ3v) is 4.51. The molecule has 0 aliphatic rings. The molecule has 0 saturated carbocycles. The lowest BCUT2D eigenvalue weighted by Gasteiger charge is -2.13. The van der Waals surface area contributed by atoms with Crippen molar-refractivity contribution in [2.24, 2.45) is 0 Å². The van der Waals surface area contributed by atoms with Gasteiger partial charge in [-0.1, -0.05) is 78.9 Å². The number of benzene rings is 3. The Morgan fingerprint density at radius 2 is 1.50 bits per heavy atom. The van der Waals surface area contributed by atoms with Crippen LogP contribution < -0.4 is 10.6 Å². The van der Waals surface area contributed by atoms with E-state index >= 15 is 0 Å². The predicted molar refractivity (Wildman–Crippen MR) is 106 cm³/mol. The number of amides is 1. The van der Waals surface area contributed by atoms with Crippen molar-refractivity contribution in [3.8, 4) is 0 Å². The summed E-state index contributed by atoms with van der Waals surface area (Å²) in [5.74, 6) is 0.0216.